The predicted octanol–water partition coefficient (Wildman–Crippen LogP) is 4.02. The summed E-state index contributed by atoms with van der Waals surface area (Å²) in [5, 5.41) is 0. The lowest BCUT2D eigenvalue weighted by molar-refractivity contribution is 0.589. The molecule has 1 heteroatoms. The van der Waals surface area contributed by atoms with Crippen LogP contribution in [0.4, 0.5) is 0 Å². The van der Waals surface area contributed by atoms with Crippen LogP contribution in [0.15, 0.2) is 60.7 Å². The maximum Gasteiger partial charge on any atom is -0.00631 e. The van der Waals surface area contributed by atoms with Gasteiger partial charge >= 0.3 is 0 Å². The first-order valence-corrected chi connectivity index (χ1v) is 6.70. The first kappa shape index (κ1) is 12.3. The minimum absolute atomic E-state index is 0.614. The summed E-state index contributed by atoms with van der Waals surface area (Å²) >= 11 is 4.48. The Morgan fingerprint density at radius 1 is 0.706 bits per heavy atom. The molecule has 0 radical (unpaired) electrons. The van der Waals surface area contributed by atoms with Crippen LogP contribution in [0.25, 0.3) is 0 Å². The third-order valence-corrected chi connectivity index (χ3v) is 3.51. The van der Waals surface area contributed by atoms with Crippen LogP contribution in [0.5, 0.6) is 0 Å². The van der Waals surface area contributed by atoms with Crippen LogP contribution in [-0.4, -0.2) is 5.75 Å². The highest BCUT2D eigenvalue weighted by molar-refractivity contribution is 7.80. The number of thiol groups is 1. The minimum atomic E-state index is 0.614. The summed E-state index contributed by atoms with van der Waals surface area (Å²) < 4.78 is 0. The van der Waals surface area contributed by atoms with Crippen LogP contribution in [-0.2, 0) is 12.8 Å². The number of hydrogen-bond acceptors (Lipinski definition) is 1. The molecule has 0 bridgehead atoms. The van der Waals surface area contributed by atoms with Crippen LogP contribution in [0.1, 0.15) is 11.1 Å². The number of benzene rings is 2. The number of rotatable bonds is 5. The van der Waals surface area contributed by atoms with Gasteiger partial charge in [0, 0.05) is 0 Å². The Kier molecular flexibility index (Phi) is 4.69. The zero-order valence-electron chi connectivity index (χ0n) is 9.92. The van der Waals surface area contributed by atoms with Gasteiger partial charge in [0.2, 0.25) is 0 Å². The van der Waals surface area contributed by atoms with E-state index in [1.54, 1.807) is 0 Å². The van der Waals surface area contributed by atoms with Crippen LogP contribution in [0.3, 0.4) is 0 Å². The van der Waals surface area contributed by atoms with E-state index in [1.165, 1.54) is 11.1 Å². The third kappa shape index (κ3) is 3.94. The van der Waals surface area contributed by atoms with Gasteiger partial charge in [-0.2, -0.15) is 12.6 Å². The molecule has 0 fully saturated rings. The standard InChI is InChI=1S/C16H18S/c17-13-16(11-14-7-3-1-4-8-14)12-15-9-5-2-6-10-15/h1-10,16-17H,11-13H2. The van der Waals surface area contributed by atoms with Gasteiger partial charge in [-0.25, -0.2) is 0 Å². The highest BCUT2D eigenvalue weighted by atomic mass is 32.1. The van der Waals surface area contributed by atoms with Crippen molar-refractivity contribution in [3.8, 4) is 0 Å². The normalized spacial score (nSPS) is 10.7. The van der Waals surface area contributed by atoms with E-state index >= 15 is 0 Å². The van der Waals surface area contributed by atoms with Crippen molar-refractivity contribution in [3.63, 3.8) is 0 Å². The summed E-state index contributed by atoms with van der Waals surface area (Å²) in [4.78, 5) is 0. The molecule has 0 N–H and O–H groups in total. The molecule has 88 valence electrons. The van der Waals surface area contributed by atoms with E-state index in [1.807, 2.05) is 0 Å². The first-order chi connectivity index (χ1) is 8.38. The van der Waals surface area contributed by atoms with Crippen molar-refractivity contribution in [1.82, 2.24) is 0 Å². The summed E-state index contributed by atoms with van der Waals surface area (Å²) in [5.74, 6) is 1.55. The average molecular weight is 242 g/mol. The van der Waals surface area contributed by atoms with Gasteiger partial charge in [0.1, 0.15) is 0 Å². The van der Waals surface area contributed by atoms with Crippen molar-refractivity contribution in [2.75, 3.05) is 5.75 Å². The molecule has 0 nitrogen and oxygen atoms in total. The van der Waals surface area contributed by atoms with Gasteiger partial charge in [0.25, 0.3) is 0 Å². The topological polar surface area (TPSA) is 0 Å². The Hall–Kier alpha value is -1.21. The Morgan fingerprint density at radius 2 is 1.12 bits per heavy atom. The van der Waals surface area contributed by atoms with Gasteiger partial charge in [0.05, 0.1) is 0 Å². The summed E-state index contributed by atoms with van der Waals surface area (Å²) in [6.45, 7) is 0. The third-order valence-electron chi connectivity index (χ3n) is 2.99. The number of hydrogen-bond donors (Lipinski definition) is 1. The van der Waals surface area contributed by atoms with Crippen LogP contribution in [0, 0.1) is 5.92 Å². The van der Waals surface area contributed by atoms with Gasteiger partial charge in [-0.1, -0.05) is 60.7 Å². The Balaban J connectivity index is 1.98. The van der Waals surface area contributed by atoms with Crippen molar-refractivity contribution in [2.45, 2.75) is 12.8 Å². The quantitative estimate of drug-likeness (QED) is 0.752. The Morgan fingerprint density at radius 3 is 1.47 bits per heavy atom. The molecule has 2 aromatic carbocycles. The summed E-state index contributed by atoms with van der Waals surface area (Å²) in [5.41, 5.74) is 2.81. The van der Waals surface area contributed by atoms with Gasteiger partial charge in [0.15, 0.2) is 0 Å². The molecule has 0 saturated carbocycles. The fraction of sp³-hybridized carbons (Fsp3) is 0.250. The van der Waals surface area contributed by atoms with E-state index in [-0.39, 0.29) is 0 Å². The maximum absolute atomic E-state index is 4.48. The summed E-state index contributed by atoms with van der Waals surface area (Å²) in [6, 6.07) is 21.3. The summed E-state index contributed by atoms with van der Waals surface area (Å²) in [6.07, 6.45) is 2.22. The van der Waals surface area contributed by atoms with E-state index in [4.69, 9.17) is 0 Å². The lowest BCUT2D eigenvalue weighted by atomic mass is 9.94. The molecule has 0 spiro atoms. The molecule has 0 saturated heterocycles. The zero-order valence-corrected chi connectivity index (χ0v) is 10.8. The molecular weight excluding hydrogens is 224 g/mol. The van der Waals surface area contributed by atoms with Crippen molar-refractivity contribution in [3.05, 3.63) is 71.8 Å². The molecule has 0 aliphatic carbocycles. The fourth-order valence-corrected chi connectivity index (χ4v) is 2.35. The van der Waals surface area contributed by atoms with E-state index in [2.05, 4.69) is 73.3 Å². The molecule has 0 atom stereocenters. The molecule has 0 unspecified atom stereocenters. The Bertz CT molecular complexity index is 380. The van der Waals surface area contributed by atoms with E-state index in [0.717, 1.165) is 18.6 Å². The highest BCUT2D eigenvalue weighted by Crippen LogP contribution is 2.15. The molecule has 17 heavy (non-hydrogen) atoms. The second-order valence-corrected chi connectivity index (χ2v) is 4.79. The van der Waals surface area contributed by atoms with Gasteiger partial charge in [-0.05, 0) is 35.6 Å². The van der Waals surface area contributed by atoms with Crippen molar-refractivity contribution in [1.29, 1.82) is 0 Å². The van der Waals surface area contributed by atoms with Gasteiger partial charge in [-0.3, -0.25) is 0 Å². The molecule has 0 aliphatic heterocycles. The molecule has 0 heterocycles. The molecule has 2 rings (SSSR count). The van der Waals surface area contributed by atoms with Crippen LogP contribution < -0.4 is 0 Å². The van der Waals surface area contributed by atoms with Gasteiger partial charge in [-0.15, -0.1) is 0 Å². The largest absolute Gasteiger partial charge is 0.179 e. The van der Waals surface area contributed by atoms with Crippen molar-refractivity contribution >= 4 is 12.6 Å². The van der Waals surface area contributed by atoms with Gasteiger partial charge < -0.3 is 0 Å². The van der Waals surface area contributed by atoms with E-state index in [0.29, 0.717) is 5.92 Å². The lowest BCUT2D eigenvalue weighted by Gasteiger charge is -2.14. The average Bonchev–Trinajstić information content (AvgIpc) is 2.40. The maximum atomic E-state index is 4.48. The first-order valence-electron chi connectivity index (χ1n) is 6.07. The molecular formula is C16H18S. The highest BCUT2D eigenvalue weighted by Gasteiger charge is 2.08. The molecule has 0 amide bonds. The second kappa shape index (κ2) is 6.51. The van der Waals surface area contributed by atoms with Crippen molar-refractivity contribution < 1.29 is 0 Å². The minimum Gasteiger partial charge on any atom is -0.179 e. The lowest BCUT2D eigenvalue weighted by Crippen LogP contribution is -2.10. The Labute approximate surface area is 109 Å². The second-order valence-electron chi connectivity index (χ2n) is 4.43. The van der Waals surface area contributed by atoms with E-state index < -0.39 is 0 Å². The summed E-state index contributed by atoms with van der Waals surface area (Å²) in [7, 11) is 0. The predicted molar refractivity (Wildman–Crippen MR) is 77.6 cm³/mol. The van der Waals surface area contributed by atoms with Crippen molar-refractivity contribution in [2.24, 2.45) is 5.92 Å². The van der Waals surface area contributed by atoms with Crippen LogP contribution >= 0.6 is 12.6 Å². The molecule has 0 aliphatic rings. The monoisotopic (exact) mass is 242 g/mol. The van der Waals surface area contributed by atoms with E-state index in [9.17, 15) is 0 Å². The fourth-order valence-electron chi connectivity index (χ4n) is 2.10. The van der Waals surface area contributed by atoms with Crippen LogP contribution in [0.2, 0.25) is 0 Å². The zero-order chi connectivity index (χ0) is 11.9. The molecule has 0 aromatic heterocycles. The smallest absolute Gasteiger partial charge is 0.00631 e. The molecule has 2 aromatic rings. The SMILES string of the molecule is SCC(Cc1ccccc1)Cc1ccccc1.